The molecule has 1 saturated heterocycles. The van der Waals surface area contributed by atoms with E-state index in [0.29, 0.717) is 29.0 Å². The number of Topliss-reactive ketones (excluding diaryl/α,β-unsaturated/α-hetero) is 1. The Hall–Kier alpha value is -4.39. The van der Waals surface area contributed by atoms with Crippen molar-refractivity contribution in [2.45, 2.75) is 32.9 Å². The Morgan fingerprint density at radius 2 is 1.65 bits per heavy atom. The molecule has 1 unspecified atom stereocenters. The predicted octanol–water partition coefficient (Wildman–Crippen LogP) is 5.27. The lowest BCUT2D eigenvalue weighted by molar-refractivity contribution is -0.140. The van der Waals surface area contributed by atoms with Gasteiger partial charge in [-0.05, 0) is 48.7 Å². The van der Waals surface area contributed by atoms with E-state index in [0.717, 1.165) is 12.0 Å². The van der Waals surface area contributed by atoms with Crippen molar-refractivity contribution >= 4 is 23.4 Å². The maximum Gasteiger partial charge on any atom is 0.338 e. The highest BCUT2D eigenvalue weighted by atomic mass is 16.5. The molecule has 1 atom stereocenters. The first-order valence-electron chi connectivity index (χ1n) is 12.3. The molecule has 1 aliphatic heterocycles. The second-order valence-corrected chi connectivity index (χ2v) is 8.63. The lowest BCUT2D eigenvalue weighted by atomic mass is 9.95. The molecule has 1 heterocycles. The molecule has 0 saturated carbocycles. The Bertz CT molecular complexity index is 1310. The average molecular weight is 500 g/mol. The quantitative estimate of drug-likeness (QED) is 0.187. The monoisotopic (exact) mass is 499 g/mol. The van der Waals surface area contributed by atoms with Crippen LogP contribution in [0.1, 0.15) is 53.4 Å². The van der Waals surface area contributed by atoms with Crippen LogP contribution < -0.4 is 4.74 Å². The molecule has 0 aliphatic carbocycles. The number of esters is 1. The molecule has 1 N–H and O–H groups in total. The number of carbonyl (C=O) groups is 3. The van der Waals surface area contributed by atoms with Gasteiger partial charge in [-0.3, -0.25) is 9.59 Å². The van der Waals surface area contributed by atoms with E-state index in [1.165, 1.54) is 4.90 Å². The van der Waals surface area contributed by atoms with E-state index in [1.807, 2.05) is 37.3 Å². The molecule has 190 valence electrons. The third kappa shape index (κ3) is 5.56. The number of hydrogen-bond donors (Lipinski definition) is 1. The van der Waals surface area contributed by atoms with Crippen molar-refractivity contribution < 1.29 is 29.0 Å². The molecule has 0 radical (unpaired) electrons. The summed E-state index contributed by atoms with van der Waals surface area (Å²) in [5.41, 5.74) is 2.24. The second-order valence-electron chi connectivity index (χ2n) is 8.63. The van der Waals surface area contributed by atoms with Crippen molar-refractivity contribution in [3.8, 4) is 5.75 Å². The van der Waals surface area contributed by atoms with Crippen LogP contribution in [0.15, 0.2) is 84.4 Å². The topological polar surface area (TPSA) is 93.1 Å². The van der Waals surface area contributed by atoms with Gasteiger partial charge >= 0.3 is 5.97 Å². The molecular formula is C30H29NO6. The average Bonchev–Trinajstić information content (AvgIpc) is 3.17. The number of hydrogen-bond acceptors (Lipinski definition) is 6. The summed E-state index contributed by atoms with van der Waals surface area (Å²) in [5, 5.41) is 11.3. The number of benzene rings is 3. The number of rotatable bonds is 9. The van der Waals surface area contributed by atoms with Crippen LogP contribution in [0.2, 0.25) is 0 Å². The van der Waals surface area contributed by atoms with Gasteiger partial charge < -0.3 is 19.5 Å². The molecule has 1 amide bonds. The molecule has 0 bridgehead atoms. The van der Waals surface area contributed by atoms with E-state index in [4.69, 9.17) is 9.47 Å². The predicted molar refractivity (Wildman–Crippen MR) is 139 cm³/mol. The highest BCUT2D eigenvalue weighted by Gasteiger charge is 2.46. The third-order valence-corrected chi connectivity index (χ3v) is 6.05. The van der Waals surface area contributed by atoms with Crippen molar-refractivity contribution in [2.75, 3.05) is 13.2 Å². The minimum Gasteiger partial charge on any atom is -0.507 e. The molecule has 4 rings (SSSR count). The fraction of sp³-hybridized carbons (Fsp3) is 0.233. The Labute approximate surface area is 215 Å². The van der Waals surface area contributed by atoms with Crippen LogP contribution >= 0.6 is 0 Å². The van der Waals surface area contributed by atoms with Gasteiger partial charge in [0.25, 0.3) is 11.7 Å². The van der Waals surface area contributed by atoms with Gasteiger partial charge in [0, 0.05) is 12.1 Å². The van der Waals surface area contributed by atoms with Gasteiger partial charge in [-0.25, -0.2) is 4.79 Å². The Balaban J connectivity index is 1.73. The number of carbonyl (C=O) groups excluding carboxylic acids is 3. The zero-order valence-corrected chi connectivity index (χ0v) is 20.8. The number of ketones is 1. The maximum absolute atomic E-state index is 13.3. The summed E-state index contributed by atoms with van der Waals surface area (Å²) in [5.74, 6) is -1.58. The summed E-state index contributed by atoms with van der Waals surface area (Å²) in [6.07, 6.45) is 0.829. The summed E-state index contributed by atoms with van der Waals surface area (Å²) in [7, 11) is 0. The van der Waals surface area contributed by atoms with Gasteiger partial charge in [0.05, 0.1) is 30.4 Å². The van der Waals surface area contributed by atoms with Crippen LogP contribution in [0.3, 0.4) is 0 Å². The SMILES string of the molecule is CCCOc1cccc(/C(O)=C2\C(=O)C(=O)N(Cc3ccc(C(=O)OCC)cc3)C2c2ccccc2)c1. The zero-order chi connectivity index (χ0) is 26.4. The van der Waals surface area contributed by atoms with Crippen LogP contribution in [-0.4, -0.2) is 40.9 Å². The first-order chi connectivity index (χ1) is 17.9. The Morgan fingerprint density at radius 3 is 2.32 bits per heavy atom. The molecule has 0 spiro atoms. The zero-order valence-electron chi connectivity index (χ0n) is 20.8. The lowest BCUT2D eigenvalue weighted by Gasteiger charge is -2.25. The molecule has 3 aromatic carbocycles. The van der Waals surface area contributed by atoms with E-state index in [1.54, 1.807) is 55.5 Å². The smallest absolute Gasteiger partial charge is 0.338 e. The number of ether oxygens (including phenoxy) is 2. The second kappa shape index (κ2) is 11.6. The van der Waals surface area contributed by atoms with Gasteiger partial charge in [-0.1, -0.05) is 61.5 Å². The van der Waals surface area contributed by atoms with Crippen molar-refractivity contribution in [1.29, 1.82) is 0 Å². The van der Waals surface area contributed by atoms with E-state index in [-0.39, 0.29) is 24.5 Å². The fourth-order valence-electron chi connectivity index (χ4n) is 4.29. The fourth-order valence-corrected chi connectivity index (χ4v) is 4.29. The first kappa shape index (κ1) is 25.7. The summed E-state index contributed by atoms with van der Waals surface area (Å²) in [4.78, 5) is 40.0. The molecule has 37 heavy (non-hydrogen) atoms. The number of amides is 1. The largest absolute Gasteiger partial charge is 0.507 e. The summed E-state index contributed by atoms with van der Waals surface area (Å²) in [6, 6.07) is 21.9. The maximum atomic E-state index is 13.3. The van der Waals surface area contributed by atoms with Crippen molar-refractivity contribution in [3.63, 3.8) is 0 Å². The standard InChI is InChI=1S/C30H29NO6/c1-3-17-37-24-12-8-11-23(18-24)27(32)25-26(21-9-6-5-7-10-21)31(29(34)28(25)33)19-20-13-15-22(16-14-20)30(35)36-4-2/h5-16,18,26,32H,3-4,17,19H2,1-2H3/b27-25+. The molecule has 7 heteroatoms. The van der Waals surface area contributed by atoms with E-state index < -0.39 is 23.7 Å². The lowest BCUT2D eigenvalue weighted by Crippen LogP contribution is -2.29. The molecular weight excluding hydrogens is 470 g/mol. The van der Waals surface area contributed by atoms with Crippen LogP contribution in [0, 0.1) is 0 Å². The van der Waals surface area contributed by atoms with E-state index in [9.17, 15) is 19.5 Å². The van der Waals surface area contributed by atoms with E-state index in [2.05, 4.69) is 0 Å². The summed E-state index contributed by atoms with van der Waals surface area (Å²) in [6.45, 7) is 4.64. The van der Waals surface area contributed by atoms with Crippen LogP contribution in [0.5, 0.6) is 5.75 Å². The summed E-state index contributed by atoms with van der Waals surface area (Å²) >= 11 is 0. The van der Waals surface area contributed by atoms with Gasteiger partial charge in [0.1, 0.15) is 11.5 Å². The van der Waals surface area contributed by atoms with Crippen molar-refractivity contribution in [3.05, 3.63) is 107 Å². The molecule has 0 aromatic heterocycles. The molecule has 1 aliphatic rings. The minimum absolute atomic E-state index is 0.0204. The normalized spacial score (nSPS) is 16.6. The number of likely N-dealkylation sites (tertiary alicyclic amines) is 1. The number of aliphatic hydroxyl groups is 1. The van der Waals surface area contributed by atoms with Crippen LogP contribution in [-0.2, 0) is 20.9 Å². The number of nitrogens with zero attached hydrogens (tertiary/aromatic N) is 1. The first-order valence-corrected chi connectivity index (χ1v) is 12.3. The summed E-state index contributed by atoms with van der Waals surface area (Å²) < 4.78 is 10.7. The van der Waals surface area contributed by atoms with Gasteiger partial charge in [0.15, 0.2) is 0 Å². The Morgan fingerprint density at radius 1 is 0.919 bits per heavy atom. The van der Waals surface area contributed by atoms with Crippen LogP contribution in [0.25, 0.3) is 5.76 Å². The Kier molecular flexibility index (Phi) is 8.03. The van der Waals surface area contributed by atoms with Crippen molar-refractivity contribution in [2.24, 2.45) is 0 Å². The highest BCUT2D eigenvalue weighted by Crippen LogP contribution is 2.40. The molecule has 7 nitrogen and oxygen atoms in total. The van der Waals surface area contributed by atoms with E-state index >= 15 is 0 Å². The van der Waals surface area contributed by atoms with Crippen LogP contribution in [0.4, 0.5) is 0 Å². The third-order valence-electron chi connectivity index (χ3n) is 6.05. The number of aliphatic hydroxyl groups excluding tert-OH is 1. The molecule has 1 fully saturated rings. The van der Waals surface area contributed by atoms with Gasteiger partial charge in [0.2, 0.25) is 0 Å². The van der Waals surface area contributed by atoms with Gasteiger partial charge in [-0.2, -0.15) is 0 Å². The highest BCUT2D eigenvalue weighted by molar-refractivity contribution is 6.46. The van der Waals surface area contributed by atoms with Crippen molar-refractivity contribution in [1.82, 2.24) is 4.90 Å². The minimum atomic E-state index is -0.786. The molecule has 3 aromatic rings. The van der Waals surface area contributed by atoms with Gasteiger partial charge in [-0.15, -0.1) is 0 Å².